The van der Waals surface area contributed by atoms with Crippen LogP contribution in [0, 0.1) is 5.92 Å². The third kappa shape index (κ3) is 3.68. The maximum absolute atomic E-state index is 5.04. The monoisotopic (exact) mass is 266 g/mol. The molecule has 0 saturated heterocycles. The van der Waals surface area contributed by atoms with Crippen molar-refractivity contribution in [1.29, 1.82) is 0 Å². The van der Waals surface area contributed by atoms with E-state index < -0.39 is 0 Å². The van der Waals surface area contributed by atoms with Crippen molar-refractivity contribution < 1.29 is 9.47 Å². The third-order valence-electron chi connectivity index (χ3n) is 3.72. The van der Waals surface area contributed by atoms with Crippen LogP contribution in [-0.2, 0) is 0 Å². The van der Waals surface area contributed by atoms with Crippen LogP contribution in [0.2, 0.25) is 0 Å². The van der Waals surface area contributed by atoms with Crippen LogP contribution >= 0.6 is 0 Å². The number of methoxy groups -OCH3 is 2. The third-order valence-corrected chi connectivity index (χ3v) is 3.72. The van der Waals surface area contributed by atoms with Crippen LogP contribution in [0.1, 0.15) is 39.0 Å². The first kappa shape index (κ1) is 13.8. The smallest absolute Gasteiger partial charge is 0.324 e. The molecule has 0 atom stereocenters. The second kappa shape index (κ2) is 6.54. The topological polar surface area (TPSA) is 69.2 Å². The van der Waals surface area contributed by atoms with E-state index in [-0.39, 0.29) is 12.0 Å². The number of nitrogens with zero attached hydrogens (tertiary/aromatic N) is 3. The highest BCUT2D eigenvalue weighted by molar-refractivity contribution is 5.29. The Morgan fingerprint density at radius 2 is 1.58 bits per heavy atom. The van der Waals surface area contributed by atoms with E-state index in [9.17, 15) is 0 Å². The molecule has 1 aliphatic rings. The maximum Gasteiger partial charge on any atom is 0.324 e. The van der Waals surface area contributed by atoms with Gasteiger partial charge in [0.2, 0.25) is 5.95 Å². The van der Waals surface area contributed by atoms with Crippen molar-refractivity contribution >= 4 is 5.95 Å². The molecule has 106 valence electrons. The molecule has 0 unspecified atom stereocenters. The number of nitrogens with one attached hydrogen (secondary N) is 1. The summed E-state index contributed by atoms with van der Waals surface area (Å²) < 4.78 is 10.1. The van der Waals surface area contributed by atoms with E-state index in [1.807, 2.05) is 0 Å². The van der Waals surface area contributed by atoms with Crippen LogP contribution in [-0.4, -0.2) is 35.2 Å². The molecule has 19 heavy (non-hydrogen) atoms. The molecule has 0 aromatic carbocycles. The number of ether oxygens (including phenoxy) is 2. The second-order valence-electron chi connectivity index (χ2n) is 4.90. The van der Waals surface area contributed by atoms with Crippen molar-refractivity contribution in [3.8, 4) is 12.0 Å². The van der Waals surface area contributed by atoms with Gasteiger partial charge in [-0.05, 0) is 31.6 Å². The fraction of sp³-hybridized carbons (Fsp3) is 0.769. The molecule has 1 N–H and O–H groups in total. The van der Waals surface area contributed by atoms with E-state index in [1.54, 1.807) is 0 Å². The summed E-state index contributed by atoms with van der Waals surface area (Å²) in [6.45, 7) is 2.26. The fourth-order valence-corrected chi connectivity index (χ4v) is 2.48. The van der Waals surface area contributed by atoms with E-state index in [1.165, 1.54) is 33.5 Å². The predicted molar refractivity (Wildman–Crippen MR) is 72.6 cm³/mol. The Morgan fingerprint density at radius 1 is 1.00 bits per heavy atom. The molecule has 0 amide bonds. The summed E-state index contributed by atoms with van der Waals surface area (Å²) in [5.41, 5.74) is 0. The van der Waals surface area contributed by atoms with Crippen LogP contribution in [0.4, 0.5) is 5.95 Å². The maximum atomic E-state index is 5.04. The van der Waals surface area contributed by atoms with Gasteiger partial charge in [0.1, 0.15) is 0 Å². The number of aromatic nitrogens is 3. The highest BCUT2D eigenvalue weighted by atomic mass is 16.5. The molecule has 0 bridgehead atoms. The normalized spacial score (nSPS) is 22.9. The first-order valence-corrected chi connectivity index (χ1v) is 6.85. The van der Waals surface area contributed by atoms with Crippen LogP contribution in [0.3, 0.4) is 0 Å². The predicted octanol–water partition coefficient (Wildman–Crippen LogP) is 2.27. The molecular formula is C13H22N4O2. The van der Waals surface area contributed by atoms with Gasteiger partial charge < -0.3 is 14.8 Å². The van der Waals surface area contributed by atoms with Gasteiger partial charge in [-0.2, -0.15) is 9.97 Å². The molecule has 1 aromatic rings. The minimum Gasteiger partial charge on any atom is -0.467 e. The molecular weight excluding hydrogens is 244 g/mol. The van der Waals surface area contributed by atoms with Crippen molar-refractivity contribution in [2.45, 2.75) is 45.1 Å². The zero-order valence-electron chi connectivity index (χ0n) is 11.8. The Labute approximate surface area is 114 Å². The van der Waals surface area contributed by atoms with Crippen molar-refractivity contribution in [1.82, 2.24) is 15.0 Å². The Morgan fingerprint density at radius 3 is 2.05 bits per heavy atom. The van der Waals surface area contributed by atoms with Gasteiger partial charge in [0.05, 0.1) is 14.2 Å². The van der Waals surface area contributed by atoms with Crippen molar-refractivity contribution in [3.63, 3.8) is 0 Å². The highest BCUT2D eigenvalue weighted by Gasteiger charge is 2.21. The van der Waals surface area contributed by atoms with E-state index in [0.717, 1.165) is 18.8 Å². The summed E-state index contributed by atoms with van der Waals surface area (Å²) in [4.78, 5) is 12.4. The van der Waals surface area contributed by atoms with E-state index in [0.29, 0.717) is 12.0 Å². The molecule has 2 rings (SSSR count). The van der Waals surface area contributed by atoms with E-state index in [2.05, 4.69) is 27.2 Å². The molecule has 6 nitrogen and oxygen atoms in total. The van der Waals surface area contributed by atoms with E-state index >= 15 is 0 Å². The van der Waals surface area contributed by atoms with Crippen LogP contribution in [0.15, 0.2) is 0 Å². The minimum atomic E-state index is 0.275. The summed E-state index contributed by atoms with van der Waals surface area (Å²) in [6.07, 6.45) is 6.14. The lowest BCUT2D eigenvalue weighted by molar-refractivity contribution is 0.325. The molecule has 1 aromatic heterocycles. The first-order valence-electron chi connectivity index (χ1n) is 6.85. The molecule has 0 spiro atoms. The van der Waals surface area contributed by atoms with Gasteiger partial charge in [-0.1, -0.05) is 13.3 Å². The Kier molecular flexibility index (Phi) is 4.76. The molecule has 1 saturated carbocycles. The fourth-order valence-electron chi connectivity index (χ4n) is 2.48. The molecule has 0 radical (unpaired) electrons. The lowest BCUT2D eigenvalue weighted by Gasteiger charge is -2.28. The summed E-state index contributed by atoms with van der Waals surface area (Å²) >= 11 is 0. The molecule has 1 heterocycles. The van der Waals surface area contributed by atoms with E-state index in [4.69, 9.17) is 9.47 Å². The highest BCUT2D eigenvalue weighted by Crippen LogP contribution is 2.28. The number of rotatable bonds is 5. The zero-order chi connectivity index (χ0) is 13.7. The lowest BCUT2D eigenvalue weighted by atomic mass is 9.85. The minimum absolute atomic E-state index is 0.275. The summed E-state index contributed by atoms with van der Waals surface area (Å²) in [5.74, 6) is 1.41. The van der Waals surface area contributed by atoms with Crippen molar-refractivity contribution in [3.05, 3.63) is 0 Å². The molecule has 1 aliphatic carbocycles. The van der Waals surface area contributed by atoms with Crippen LogP contribution in [0.5, 0.6) is 12.0 Å². The quantitative estimate of drug-likeness (QED) is 0.881. The van der Waals surface area contributed by atoms with Crippen LogP contribution < -0.4 is 14.8 Å². The molecule has 0 aliphatic heterocycles. The largest absolute Gasteiger partial charge is 0.467 e. The van der Waals surface area contributed by atoms with Crippen molar-refractivity contribution in [2.24, 2.45) is 5.92 Å². The second-order valence-corrected chi connectivity index (χ2v) is 4.90. The molecule has 6 heteroatoms. The van der Waals surface area contributed by atoms with Crippen LogP contribution in [0.25, 0.3) is 0 Å². The first-order chi connectivity index (χ1) is 9.25. The number of anilines is 1. The van der Waals surface area contributed by atoms with Gasteiger partial charge in [0.25, 0.3) is 0 Å². The van der Waals surface area contributed by atoms with Gasteiger partial charge in [-0.25, -0.2) is 0 Å². The SMILES string of the molecule is CCC1CCC(Nc2nc(OC)nc(OC)n2)CC1. The standard InChI is InChI=1S/C13H22N4O2/c1-4-9-5-7-10(8-6-9)14-11-15-12(18-2)17-13(16-11)19-3/h9-10H,4-8H2,1-3H3,(H,14,15,16,17). The van der Waals surface area contributed by atoms with Gasteiger partial charge in [0, 0.05) is 6.04 Å². The number of hydrogen-bond acceptors (Lipinski definition) is 6. The average Bonchev–Trinajstić information content (AvgIpc) is 2.47. The van der Waals surface area contributed by atoms with Gasteiger partial charge >= 0.3 is 12.0 Å². The Balaban J connectivity index is 1.99. The summed E-state index contributed by atoms with van der Waals surface area (Å²) in [7, 11) is 3.07. The van der Waals surface area contributed by atoms with Gasteiger partial charge in [0.15, 0.2) is 0 Å². The lowest BCUT2D eigenvalue weighted by Crippen LogP contribution is -2.27. The van der Waals surface area contributed by atoms with Gasteiger partial charge in [-0.3, -0.25) is 0 Å². The Bertz CT molecular complexity index is 383. The summed E-state index contributed by atoms with van der Waals surface area (Å²) in [5, 5.41) is 3.35. The van der Waals surface area contributed by atoms with Gasteiger partial charge in [-0.15, -0.1) is 4.98 Å². The average molecular weight is 266 g/mol. The molecule has 1 fully saturated rings. The summed E-state index contributed by atoms with van der Waals surface area (Å²) in [6, 6.07) is 0.979. The van der Waals surface area contributed by atoms with Crippen molar-refractivity contribution in [2.75, 3.05) is 19.5 Å². The zero-order valence-corrected chi connectivity index (χ0v) is 11.8. The number of hydrogen-bond donors (Lipinski definition) is 1. The Hall–Kier alpha value is -1.59.